The number of nitrogens with zero attached hydrogens (tertiary/aromatic N) is 1. The van der Waals surface area contributed by atoms with Crippen LogP contribution >= 0.6 is 0 Å². The second-order valence-electron chi connectivity index (χ2n) is 10.6. The highest BCUT2D eigenvalue weighted by molar-refractivity contribution is 6.62. The first-order valence-electron chi connectivity index (χ1n) is 10.3. The molecule has 1 saturated carbocycles. The summed E-state index contributed by atoms with van der Waals surface area (Å²) in [6.45, 7) is 15.5. The summed E-state index contributed by atoms with van der Waals surface area (Å²) >= 11 is 0. The van der Waals surface area contributed by atoms with Crippen molar-refractivity contribution in [2.45, 2.75) is 77.1 Å². The van der Waals surface area contributed by atoms with Crippen molar-refractivity contribution in [1.29, 1.82) is 0 Å². The first-order chi connectivity index (χ1) is 12.8. The third kappa shape index (κ3) is 3.24. The molecule has 1 amide bonds. The highest BCUT2D eigenvalue weighted by atomic mass is 16.7. The number of carbonyl (C=O) groups excluding carboxylic acids is 1. The fraction of sp³-hybridized carbons (Fsp3) is 0.682. The summed E-state index contributed by atoms with van der Waals surface area (Å²) in [4.78, 5) is 14.3. The van der Waals surface area contributed by atoms with Crippen LogP contribution in [0.1, 0.15) is 60.5 Å². The van der Waals surface area contributed by atoms with Crippen LogP contribution in [0.5, 0.6) is 0 Å². The van der Waals surface area contributed by atoms with Gasteiger partial charge in [0, 0.05) is 18.5 Å². The van der Waals surface area contributed by atoms with E-state index in [-0.39, 0.29) is 29.8 Å². The van der Waals surface area contributed by atoms with Gasteiger partial charge in [-0.15, -0.1) is 0 Å². The molecule has 2 atom stereocenters. The van der Waals surface area contributed by atoms with Gasteiger partial charge in [0.25, 0.3) is 0 Å². The molecule has 0 bridgehead atoms. The Morgan fingerprint density at radius 1 is 1.11 bits per heavy atom. The molecule has 6 heteroatoms. The van der Waals surface area contributed by atoms with Gasteiger partial charge in [-0.3, -0.25) is 0 Å². The van der Waals surface area contributed by atoms with Gasteiger partial charge in [0.1, 0.15) is 5.60 Å². The lowest BCUT2D eigenvalue weighted by atomic mass is 9.78. The van der Waals surface area contributed by atoms with Gasteiger partial charge in [-0.05, 0) is 71.8 Å². The molecular weight excluding hydrogens is 353 g/mol. The van der Waals surface area contributed by atoms with Crippen LogP contribution in [0.4, 0.5) is 4.79 Å². The van der Waals surface area contributed by atoms with Crippen molar-refractivity contribution in [2.75, 3.05) is 13.1 Å². The van der Waals surface area contributed by atoms with E-state index in [0.717, 1.165) is 25.0 Å². The summed E-state index contributed by atoms with van der Waals surface area (Å²) in [5.74, 6) is 0.530. The molecule has 1 aliphatic carbocycles. The van der Waals surface area contributed by atoms with E-state index in [1.54, 1.807) is 0 Å². The Bertz CT molecular complexity index is 767. The first kappa shape index (κ1) is 19.8. The van der Waals surface area contributed by atoms with Crippen LogP contribution in [-0.4, -0.2) is 48.0 Å². The van der Waals surface area contributed by atoms with E-state index in [0.29, 0.717) is 5.92 Å². The van der Waals surface area contributed by atoms with E-state index < -0.39 is 5.60 Å². The van der Waals surface area contributed by atoms with E-state index in [4.69, 9.17) is 14.0 Å². The van der Waals surface area contributed by atoms with Crippen molar-refractivity contribution >= 4 is 18.7 Å². The Balaban J connectivity index is 1.45. The monoisotopic (exact) mass is 385 g/mol. The Kier molecular flexibility index (Phi) is 4.23. The minimum absolute atomic E-state index is 0.0887. The molecule has 0 N–H and O–H groups in total. The first-order valence-corrected chi connectivity index (χ1v) is 10.3. The molecule has 1 aromatic rings. The molecule has 3 fully saturated rings. The number of hydrogen-bond acceptors (Lipinski definition) is 4. The van der Waals surface area contributed by atoms with E-state index >= 15 is 0 Å². The van der Waals surface area contributed by atoms with Gasteiger partial charge in [0.2, 0.25) is 0 Å². The van der Waals surface area contributed by atoms with Gasteiger partial charge in [-0.1, -0.05) is 24.3 Å². The van der Waals surface area contributed by atoms with Crippen LogP contribution in [0, 0.1) is 5.92 Å². The number of likely N-dealkylation sites (tertiary alicyclic amines) is 1. The Hall–Kier alpha value is -1.53. The quantitative estimate of drug-likeness (QED) is 0.732. The predicted molar refractivity (Wildman–Crippen MR) is 110 cm³/mol. The van der Waals surface area contributed by atoms with Crippen molar-refractivity contribution in [2.24, 2.45) is 5.92 Å². The number of amides is 1. The zero-order valence-electron chi connectivity index (χ0n) is 18.2. The molecule has 0 aromatic heterocycles. The van der Waals surface area contributed by atoms with Crippen LogP contribution in [0.25, 0.3) is 0 Å². The van der Waals surface area contributed by atoms with Crippen molar-refractivity contribution in [3.05, 3.63) is 29.8 Å². The van der Waals surface area contributed by atoms with Crippen molar-refractivity contribution in [3.8, 4) is 0 Å². The lowest BCUT2D eigenvalue weighted by molar-refractivity contribution is 0.00578. The smallest absolute Gasteiger partial charge is 0.444 e. The van der Waals surface area contributed by atoms with Gasteiger partial charge in [0.05, 0.1) is 11.2 Å². The van der Waals surface area contributed by atoms with Crippen molar-refractivity contribution in [1.82, 2.24) is 4.90 Å². The van der Waals surface area contributed by atoms with E-state index in [9.17, 15) is 4.79 Å². The molecule has 0 radical (unpaired) electrons. The summed E-state index contributed by atoms with van der Waals surface area (Å²) in [5, 5.41) is 0. The number of hydrogen-bond donors (Lipinski definition) is 0. The zero-order valence-corrected chi connectivity index (χ0v) is 18.2. The second kappa shape index (κ2) is 5.99. The maximum atomic E-state index is 12.4. The maximum absolute atomic E-state index is 12.4. The maximum Gasteiger partial charge on any atom is 0.494 e. The van der Waals surface area contributed by atoms with Gasteiger partial charge in [0.15, 0.2) is 0 Å². The van der Waals surface area contributed by atoms with E-state index in [1.807, 2.05) is 25.7 Å². The third-order valence-electron chi connectivity index (χ3n) is 6.81. The SMILES string of the molecule is CC(C)(C)OC(=O)N1C[C@@H]2C[C@]2(c2ccc(B3OC(C)(C)C(C)(C)O3)cc2)C1. The van der Waals surface area contributed by atoms with Crippen molar-refractivity contribution < 1.29 is 18.8 Å². The van der Waals surface area contributed by atoms with Crippen molar-refractivity contribution in [3.63, 3.8) is 0 Å². The molecule has 152 valence electrons. The van der Waals surface area contributed by atoms with Crippen LogP contribution in [0.3, 0.4) is 0 Å². The average Bonchev–Trinajstić information content (AvgIpc) is 3.04. The van der Waals surface area contributed by atoms with Crippen LogP contribution in [0.2, 0.25) is 0 Å². The predicted octanol–water partition coefficient (Wildman–Crippen LogP) is 3.49. The molecule has 2 heterocycles. The molecule has 2 aliphatic heterocycles. The molecule has 2 saturated heterocycles. The second-order valence-corrected chi connectivity index (χ2v) is 10.6. The topological polar surface area (TPSA) is 48.0 Å². The third-order valence-corrected chi connectivity index (χ3v) is 6.81. The lowest BCUT2D eigenvalue weighted by Crippen LogP contribution is -2.41. The molecule has 0 spiro atoms. The Morgan fingerprint density at radius 2 is 1.68 bits per heavy atom. The summed E-state index contributed by atoms with van der Waals surface area (Å²) in [7, 11) is -0.339. The number of fused-ring (bicyclic) bond motifs is 1. The molecule has 3 aliphatic rings. The highest BCUT2D eigenvalue weighted by Gasteiger charge is 2.62. The number of carbonyl (C=O) groups is 1. The largest absolute Gasteiger partial charge is 0.494 e. The fourth-order valence-electron chi connectivity index (χ4n) is 4.35. The number of ether oxygens (including phenoxy) is 1. The molecule has 5 nitrogen and oxygen atoms in total. The summed E-state index contributed by atoms with van der Waals surface area (Å²) < 4.78 is 17.9. The number of benzene rings is 1. The van der Waals surface area contributed by atoms with Gasteiger partial charge in [-0.25, -0.2) is 4.79 Å². The number of piperidine rings is 1. The fourth-order valence-corrected chi connectivity index (χ4v) is 4.35. The molecule has 28 heavy (non-hydrogen) atoms. The van der Waals surface area contributed by atoms with E-state index in [1.165, 1.54) is 5.56 Å². The van der Waals surface area contributed by atoms with Crippen LogP contribution in [0.15, 0.2) is 24.3 Å². The summed E-state index contributed by atoms with van der Waals surface area (Å²) in [6, 6.07) is 8.58. The number of rotatable bonds is 2. The van der Waals surface area contributed by atoms with Crippen LogP contribution < -0.4 is 5.46 Å². The molecular formula is C22H32BNO4. The summed E-state index contributed by atoms with van der Waals surface area (Å²) in [6.07, 6.45) is 0.940. The highest BCUT2D eigenvalue weighted by Crippen LogP contribution is 2.59. The zero-order chi connectivity index (χ0) is 20.5. The average molecular weight is 385 g/mol. The van der Waals surface area contributed by atoms with E-state index in [2.05, 4.69) is 52.0 Å². The molecule has 4 rings (SSSR count). The Labute approximate surface area is 168 Å². The summed E-state index contributed by atoms with van der Waals surface area (Å²) in [5.41, 5.74) is 1.29. The van der Waals surface area contributed by atoms with Gasteiger partial charge < -0.3 is 18.9 Å². The van der Waals surface area contributed by atoms with Gasteiger partial charge in [-0.2, -0.15) is 0 Å². The standard InChI is InChI=1S/C22H32BNO4/c1-19(2,3)26-18(25)24-13-16-12-22(16,14-24)15-8-10-17(11-9-15)23-27-20(4,5)21(6,7)28-23/h8-11,16H,12-14H2,1-7H3/t16-,22+/m0/s1. The molecule has 0 unspecified atom stereocenters. The Morgan fingerprint density at radius 3 is 2.21 bits per heavy atom. The lowest BCUT2D eigenvalue weighted by Gasteiger charge is -2.32. The normalized spacial score (nSPS) is 30.3. The minimum Gasteiger partial charge on any atom is -0.444 e. The van der Waals surface area contributed by atoms with Crippen LogP contribution in [-0.2, 0) is 19.5 Å². The molecule has 1 aromatic carbocycles. The minimum atomic E-state index is -0.457. The van der Waals surface area contributed by atoms with Gasteiger partial charge >= 0.3 is 13.2 Å².